The van der Waals surface area contributed by atoms with Crippen molar-refractivity contribution < 1.29 is 70.8 Å². The van der Waals surface area contributed by atoms with E-state index in [0.29, 0.717) is 91.5 Å². The van der Waals surface area contributed by atoms with Gasteiger partial charge >= 0.3 is 40.5 Å². The number of phenolic OH excluding ortho intramolecular Hbond substituents is 4. The van der Waals surface area contributed by atoms with Crippen molar-refractivity contribution in [3.05, 3.63) is 239 Å². The smallest absolute Gasteiger partial charge is 0.339 e. The average molecular weight is 1590 g/mol. The maximum Gasteiger partial charge on any atom is 0.339 e. The van der Waals surface area contributed by atoms with E-state index >= 15 is 33.7 Å². The number of hydrogen-bond acceptors (Lipinski definition) is 20. The predicted molar refractivity (Wildman–Crippen MR) is 444 cm³/mol. The Labute approximate surface area is 655 Å². The molecule has 0 spiro atoms. The summed E-state index contributed by atoms with van der Waals surface area (Å²) >= 11 is 0. The third kappa shape index (κ3) is 14.9. The Balaban J connectivity index is 1.15. The minimum absolute atomic E-state index is 0.0893. The topological polar surface area (TPSA) is 267 Å². The lowest BCUT2D eigenvalue weighted by Crippen LogP contribution is -2.18. The molecule has 1 aliphatic carbocycles. The molecule has 24 heteroatoms. The molecule has 4 unspecified atom stereocenters. The van der Waals surface area contributed by atoms with Gasteiger partial charge in [-0.1, -0.05) is 150 Å². The van der Waals surface area contributed by atoms with Crippen LogP contribution in [0.25, 0.3) is 43.1 Å². The lowest BCUT2D eigenvalue weighted by Gasteiger charge is -2.30. The highest BCUT2D eigenvalue weighted by atomic mass is 32.2. The van der Waals surface area contributed by atoms with Gasteiger partial charge in [0, 0.05) is 215 Å². The van der Waals surface area contributed by atoms with Crippen molar-refractivity contribution >= 4 is 106 Å². The first-order valence-electron chi connectivity index (χ1n) is 37.3. The van der Waals surface area contributed by atoms with Crippen LogP contribution in [-0.4, -0.2) is 110 Å². The van der Waals surface area contributed by atoms with Gasteiger partial charge in [0.25, 0.3) is 0 Å². The fraction of sp³-hybridized carbons (Fsp3) is 0.273. The second-order valence-electron chi connectivity index (χ2n) is 29.4. The second kappa shape index (κ2) is 31.3. The summed E-state index contributed by atoms with van der Waals surface area (Å²) in [7, 11) is -5.40. The quantitative estimate of drug-likeness (QED) is 0.0409. The van der Waals surface area contributed by atoms with E-state index in [-0.39, 0.29) is 89.8 Å². The molecule has 0 radical (unpaired) electrons. The Morgan fingerprint density at radius 3 is 0.643 bits per heavy atom. The van der Waals surface area contributed by atoms with Gasteiger partial charge in [0.05, 0.1) is 0 Å². The van der Waals surface area contributed by atoms with Crippen LogP contribution in [0.3, 0.4) is 0 Å². The van der Waals surface area contributed by atoms with Gasteiger partial charge in [0.15, 0.2) is 23.0 Å². The van der Waals surface area contributed by atoms with E-state index in [9.17, 15) is 20.4 Å². The van der Waals surface area contributed by atoms with Crippen LogP contribution >= 0.6 is 0 Å². The maximum atomic E-state index is 15.8. The monoisotopic (exact) mass is 1590 g/mol. The lowest BCUT2D eigenvalue weighted by molar-refractivity contribution is 0.433. The standard InChI is InChI=1S/C88H92N4O16S4/c1-13-25-53-65-45-66(78(94)49-77(65)93)54(26-14-2)71-48-72(84(108-112(103,104)88-44-24-32-60-64(88)36-20-40-76(60)92(11)12)52-83(71)107-111(101,102)87-43-23-31-59-63(87)35-19-39-75(59)91(9)10)56(28-16-4)68-46-67(79(95)50-80(68)96)55(27-15-3)70-47-69(53)81(105-109(97,98)85-41-21-29-57-61(85)33-17-37-73(57)89(5)6)51-82(70)106-110(99,100)86-42-22-30-58-62(86)34-18-38-74(58)90(7)8/h17-24,29-56,93-96H,13-16,25-28H2,1-12H3. The van der Waals surface area contributed by atoms with Gasteiger partial charge in [-0.25, -0.2) is 0 Å². The SMILES string of the molecule is CCCC1c2cc(c(O)cc2O)C(CCC)c2cc(c(OS(=O)(=O)c3cccc4c(N(C)C)cccc34)cc2OS(=O)(=O)c2cccc3c(N(C)C)cccc23)C(CCC)c2cc(c(O)cc2O)C(CCC)c2cc1c(OS(=O)(=O)c1cccc3c(N(C)C)cccc13)cc2OS(=O)(=O)c1cccc2c(N(C)C)cccc12. The first-order valence-corrected chi connectivity index (χ1v) is 43.0. The highest BCUT2D eigenvalue weighted by Gasteiger charge is 2.39. The summed E-state index contributed by atoms with van der Waals surface area (Å²) < 4.78 is 153. The molecule has 4 N–H and O–H groups in total. The van der Waals surface area contributed by atoms with E-state index < -0.39 is 110 Å². The second-order valence-corrected chi connectivity index (χ2v) is 35.5. The van der Waals surface area contributed by atoms with Crippen molar-refractivity contribution in [3.8, 4) is 46.0 Å². The van der Waals surface area contributed by atoms with Gasteiger partial charge in [0.1, 0.15) is 42.6 Å². The number of rotatable bonds is 24. The van der Waals surface area contributed by atoms with Gasteiger partial charge in [-0.3, -0.25) is 0 Å². The van der Waals surface area contributed by atoms with Gasteiger partial charge in [-0.15, -0.1) is 0 Å². The molecule has 13 rings (SSSR count). The van der Waals surface area contributed by atoms with Crippen LogP contribution < -0.4 is 36.3 Å². The Morgan fingerprint density at radius 2 is 0.446 bits per heavy atom. The Hall–Kier alpha value is -10.9. The maximum absolute atomic E-state index is 15.8. The van der Waals surface area contributed by atoms with E-state index in [4.69, 9.17) is 16.7 Å². The van der Waals surface area contributed by atoms with Crippen molar-refractivity contribution in [1.29, 1.82) is 0 Å². The summed E-state index contributed by atoms with van der Waals surface area (Å²) in [5, 5.41) is 54.8. The molecule has 1 aliphatic rings. The highest BCUT2D eigenvalue weighted by molar-refractivity contribution is 7.88. The van der Waals surface area contributed by atoms with Crippen LogP contribution in [0.1, 0.15) is 147 Å². The molecule has 112 heavy (non-hydrogen) atoms. The van der Waals surface area contributed by atoms with Gasteiger partial charge < -0.3 is 56.8 Å². The lowest BCUT2D eigenvalue weighted by atomic mass is 9.77. The zero-order valence-electron chi connectivity index (χ0n) is 64.6. The van der Waals surface area contributed by atoms with E-state index in [0.717, 1.165) is 12.1 Å². The van der Waals surface area contributed by atoms with Crippen molar-refractivity contribution in [2.24, 2.45) is 0 Å². The number of anilines is 4. The zero-order valence-corrected chi connectivity index (χ0v) is 67.8. The highest BCUT2D eigenvalue weighted by Crippen LogP contribution is 2.55. The Bertz CT molecular complexity index is 5440. The van der Waals surface area contributed by atoms with Crippen LogP contribution in [0, 0.1) is 0 Å². The van der Waals surface area contributed by atoms with Crippen LogP contribution in [-0.2, 0) is 40.5 Å². The predicted octanol–water partition coefficient (Wildman–Crippen LogP) is 18.5. The zero-order chi connectivity index (χ0) is 80.2. The summed E-state index contributed by atoms with van der Waals surface area (Å²) in [5.41, 5.74) is 3.59. The minimum atomic E-state index is -5.01. The molecule has 0 fully saturated rings. The molecule has 0 amide bonds. The van der Waals surface area contributed by atoms with Gasteiger partial charge in [-0.2, -0.15) is 33.7 Å². The van der Waals surface area contributed by atoms with E-state index in [1.807, 2.05) is 128 Å². The summed E-state index contributed by atoms with van der Waals surface area (Å²) in [6.07, 6.45) is 1.75. The Kier molecular flexibility index (Phi) is 22.1. The largest absolute Gasteiger partial charge is 0.508 e. The molecule has 0 aliphatic heterocycles. The van der Waals surface area contributed by atoms with Crippen molar-refractivity contribution in [2.45, 2.75) is 122 Å². The fourth-order valence-electron chi connectivity index (χ4n) is 16.1. The first kappa shape index (κ1) is 79.2. The van der Waals surface area contributed by atoms with E-state index in [2.05, 4.69) is 0 Å². The molecule has 0 saturated carbocycles. The molecule has 0 heterocycles. The molecule has 12 aromatic carbocycles. The molecule has 0 saturated heterocycles. The molecular formula is C88H92N4O16S4. The third-order valence-corrected chi connectivity index (χ3v) is 26.4. The summed E-state index contributed by atoms with van der Waals surface area (Å²) in [5.74, 6) is -8.08. The summed E-state index contributed by atoms with van der Waals surface area (Å²) in [4.78, 5) is 6.42. The van der Waals surface area contributed by atoms with Crippen molar-refractivity contribution in [3.63, 3.8) is 0 Å². The molecule has 584 valence electrons. The average Bonchev–Trinajstić information content (AvgIpc) is 0.741. The third-order valence-electron chi connectivity index (χ3n) is 21.2. The van der Waals surface area contributed by atoms with Crippen molar-refractivity contribution in [2.75, 3.05) is 76.0 Å². The van der Waals surface area contributed by atoms with Gasteiger partial charge in [0.2, 0.25) is 0 Å². The van der Waals surface area contributed by atoms with Crippen LogP contribution in [0.15, 0.2) is 214 Å². The number of fused-ring (bicyclic) bond motifs is 12. The van der Waals surface area contributed by atoms with Crippen LogP contribution in [0.4, 0.5) is 22.7 Å². The molecule has 0 aromatic heterocycles. The molecule has 20 nitrogen and oxygen atoms in total. The molecule has 4 atom stereocenters. The van der Waals surface area contributed by atoms with Crippen molar-refractivity contribution in [1.82, 2.24) is 0 Å². The normalized spacial score (nSPS) is 15.3. The van der Waals surface area contributed by atoms with E-state index in [1.54, 1.807) is 121 Å². The molecular weight excluding hydrogens is 1500 g/mol. The summed E-state index contributed by atoms with van der Waals surface area (Å²) in [6.45, 7) is 7.50. The number of nitrogens with zero attached hydrogens (tertiary/aromatic N) is 4. The number of hydrogen-bond donors (Lipinski definition) is 4. The summed E-state index contributed by atoms with van der Waals surface area (Å²) in [6, 6.07) is 51.0. The van der Waals surface area contributed by atoms with Crippen LogP contribution in [0.2, 0.25) is 0 Å². The number of aromatic hydroxyl groups is 4. The first-order chi connectivity index (χ1) is 53.3. The number of phenols is 4. The fourth-order valence-corrected chi connectivity index (χ4v) is 20.8. The van der Waals surface area contributed by atoms with Crippen LogP contribution in [0.5, 0.6) is 46.0 Å². The molecule has 8 bridgehead atoms. The van der Waals surface area contributed by atoms with Gasteiger partial charge in [-0.05, 0) is 98.5 Å². The minimum Gasteiger partial charge on any atom is -0.508 e. The number of benzene rings is 12. The Morgan fingerprint density at radius 1 is 0.259 bits per heavy atom. The van der Waals surface area contributed by atoms with E-state index in [1.165, 1.54) is 36.4 Å². The molecule has 12 aromatic rings.